The van der Waals surface area contributed by atoms with Crippen LogP contribution in [0.4, 0.5) is 5.69 Å². The smallest absolute Gasteiger partial charge is 0.305 e. The maximum Gasteiger partial charge on any atom is 0.305 e. The van der Waals surface area contributed by atoms with Crippen LogP contribution in [0, 0.1) is 0 Å². The Bertz CT molecular complexity index is 1100. The molecule has 3 aromatic rings. The van der Waals surface area contributed by atoms with Crippen molar-refractivity contribution in [1.82, 2.24) is 10.3 Å². The van der Waals surface area contributed by atoms with Gasteiger partial charge in [-0.15, -0.1) is 0 Å². The number of nitrogens with one attached hydrogen (secondary N) is 2. The van der Waals surface area contributed by atoms with Crippen molar-refractivity contribution in [1.29, 1.82) is 0 Å². The normalized spacial score (nSPS) is 11.6. The van der Waals surface area contributed by atoms with Crippen LogP contribution < -0.4 is 10.6 Å². The van der Waals surface area contributed by atoms with Gasteiger partial charge in [0.2, 0.25) is 0 Å². The molecule has 3 N–H and O–H groups in total. The molecule has 0 unspecified atom stereocenters. The van der Waals surface area contributed by atoms with Crippen molar-refractivity contribution in [3.63, 3.8) is 0 Å². The standard InChI is InChI=1S/C21H16Cl3N3O2S2/c22-12-3-6-14(7-4-12)31-20-17(2-1-9-25-20)26-21(30)27-18(11-19(28)29)15-8-5-13(23)10-16(15)24/h1-10,18H,11H2,(H,28,29)(H2,26,27,30)/t18-/m0/s1. The van der Waals surface area contributed by atoms with Crippen LogP contribution in [-0.2, 0) is 4.79 Å². The number of thiocarbonyl (C=S) groups is 1. The third kappa shape index (κ3) is 6.98. The van der Waals surface area contributed by atoms with Gasteiger partial charge in [0.25, 0.3) is 0 Å². The summed E-state index contributed by atoms with van der Waals surface area (Å²) < 4.78 is 0. The summed E-state index contributed by atoms with van der Waals surface area (Å²) in [7, 11) is 0. The van der Waals surface area contributed by atoms with E-state index in [0.29, 0.717) is 31.3 Å². The van der Waals surface area contributed by atoms with E-state index in [4.69, 9.17) is 47.0 Å². The van der Waals surface area contributed by atoms with E-state index in [-0.39, 0.29) is 11.5 Å². The molecule has 0 amide bonds. The zero-order valence-electron chi connectivity index (χ0n) is 15.8. The Morgan fingerprint density at radius 3 is 2.48 bits per heavy atom. The number of aromatic nitrogens is 1. The van der Waals surface area contributed by atoms with E-state index in [1.807, 2.05) is 18.2 Å². The van der Waals surface area contributed by atoms with Crippen LogP contribution in [0.15, 0.2) is 70.7 Å². The molecular weight excluding hydrogens is 497 g/mol. The fourth-order valence-corrected chi connectivity index (χ4v) is 4.45. The second-order valence-electron chi connectivity index (χ2n) is 6.33. The second kappa shape index (κ2) is 11.0. The molecule has 1 heterocycles. The number of carbonyl (C=O) groups is 1. The van der Waals surface area contributed by atoms with Crippen LogP contribution in [0.25, 0.3) is 0 Å². The third-order valence-corrected chi connectivity index (χ3v) is 6.13. The number of halogens is 3. The summed E-state index contributed by atoms with van der Waals surface area (Å²) >= 11 is 25.1. The Hall–Kier alpha value is -2.03. The van der Waals surface area contributed by atoms with E-state index < -0.39 is 12.0 Å². The average molecular weight is 513 g/mol. The van der Waals surface area contributed by atoms with Crippen LogP contribution in [-0.4, -0.2) is 21.2 Å². The summed E-state index contributed by atoms with van der Waals surface area (Å²) in [4.78, 5) is 16.8. The molecule has 0 bridgehead atoms. The third-order valence-electron chi connectivity index (χ3n) is 4.07. The Balaban J connectivity index is 1.76. The van der Waals surface area contributed by atoms with Crippen molar-refractivity contribution in [3.05, 3.63) is 81.4 Å². The lowest BCUT2D eigenvalue weighted by Crippen LogP contribution is -2.34. The molecule has 0 saturated carbocycles. The van der Waals surface area contributed by atoms with Gasteiger partial charge >= 0.3 is 5.97 Å². The summed E-state index contributed by atoms with van der Waals surface area (Å²) in [6.45, 7) is 0. The minimum absolute atomic E-state index is 0.220. The van der Waals surface area contributed by atoms with Crippen molar-refractivity contribution < 1.29 is 9.90 Å². The lowest BCUT2D eigenvalue weighted by molar-refractivity contribution is -0.137. The van der Waals surface area contributed by atoms with Crippen molar-refractivity contribution in [2.24, 2.45) is 0 Å². The van der Waals surface area contributed by atoms with Gasteiger partial charge in [0.15, 0.2) is 5.11 Å². The first-order valence-corrected chi connectivity index (χ1v) is 11.3. The number of carboxylic acids is 1. The number of pyridine rings is 1. The average Bonchev–Trinajstić information content (AvgIpc) is 2.70. The highest BCUT2D eigenvalue weighted by Crippen LogP contribution is 2.32. The minimum atomic E-state index is -0.994. The molecule has 3 rings (SSSR count). The molecule has 1 aromatic heterocycles. The monoisotopic (exact) mass is 511 g/mol. The molecule has 0 radical (unpaired) electrons. The summed E-state index contributed by atoms with van der Waals surface area (Å²) in [5.41, 5.74) is 1.26. The maximum absolute atomic E-state index is 11.4. The van der Waals surface area contributed by atoms with Crippen molar-refractivity contribution in [3.8, 4) is 0 Å². The second-order valence-corrected chi connectivity index (χ2v) is 9.08. The van der Waals surface area contributed by atoms with Crippen molar-refractivity contribution >= 4 is 75.6 Å². The number of hydrogen-bond acceptors (Lipinski definition) is 4. The lowest BCUT2D eigenvalue weighted by Gasteiger charge is -2.21. The Morgan fingerprint density at radius 2 is 1.81 bits per heavy atom. The van der Waals surface area contributed by atoms with E-state index >= 15 is 0 Å². The highest BCUT2D eigenvalue weighted by molar-refractivity contribution is 7.99. The van der Waals surface area contributed by atoms with E-state index in [9.17, 15) is 9.90 Å². The lowest BCUT2D eigenvalue weighted by atomic mass is 10.0. The number of carboxylic acid groups (broad SMARTS) is 1. The maximum atomic E-state index is 11.4. The predicted octanol–water partition coefficient (Wildman–Crippen LogP) is 6.70. The molecule has 1 atom stereocenters. The van der Waals surface area contributed by atoms with Gasteiger partial charge in [0.1, 0.15) is 5.03 Å². The van der Waals surface area contributed by atoms with Crippen LogP contribution in [0.1, 0.15) is 18.0 Å². The quantitative estimate of drug-likeness (QED) is 0.304. The number of nitrogens with zero attached hydrogens (tertiary/aromatic N) is 1. The number of hydrogen-bond donors (Lipinski definition) is 3. The number of benzene rings is 2. The Labute approximate surface area is 204 Å². The van der Waals surface area contributed by atoms with Crippen LogP contribution in [0.2, 0.25) is 15.1 Å². The number of anilines is 1. The summed E-state index contributed by atoms with van der Waals surface area (Å²) in [5, 5.41) is 17.9. The molecule has 0 spiro atoms. The topological polar surface area (TPSA) is 74.2 Å². The van der Waals surface area contributed by atoms with Gasteiger partial charge in [0, 0.05) is 26.2 Å². The van der Waals surface area contributed by atoms with Gasteiger partial charge in [-0.25, -0.2) is 4.98 Å². The van der Waals surface area contributed by atoms with Crippen LogP contribution in [0.5, 0.6) is 0 Å². The van der Waals surface area contributed by atoms with Gasteiger partial charge in [-0.1, -0.05) is 52.6 Å². The van der Waals surface area contributed by atoms with Crippen molar-refractivity contribution in [2.75, 3.05) is 5.32 Å². The molecule has 5 nitrogen and oxygen atoms in total. The van der Waals surface area contributed by atoms with Crippen molar-refractivity contribution in [2.45, 2.75) is 22.4 Å². The highest BCUT2D eigenvalue weighted by atomic mass is 35.5. The fourth-order valence-electron chi connectivity index (χ4n) is 2.70. The summed E-state index contributed by atoms with van der Waals surface area (Å²) in [6, 6.07) is 15.3. The van der Waals surface area contributed by atoms with Gasteiger partial charge in [-0.05, 0) is 66.3 Å². The molecule has 0 saturated heterocycles. The number of rotatable bonds is 7. The largest absolute Gasteiger partial charge is 0.481 e. The van der Waals surface area contributed by atoms with E-state index in [2.05, 4.69) is 15.6 Å². The first kappa shape index (κ1) is 23.6. The predicted molar refractivity (Wildman–Crippen MR) is 131 cm³/mol. The zero-order valence-corrected chi connectivity index (χ0v) is 19.7. The first-order valence-electron chi connectivity index (χ1n) is 8.94. The zero-order chi connectivity index (χ0) is 22.4. The van der Waals surface area contributed by atoms with Gasteiger partial charge in [-0.3, -0.25) is 4.79 Å². The molecule has 2 aromatic carbocycles. The van der Waals surface area contributed by atoms with E-state index in [1.54, 1.807) is 42.6 Å². The number of aliphatic carboxylic acids is 1. The van der Waals surface area contributed by atoms with Crippen LogP contribution in [0.3, 0.4) is 0 Å². The molecule has 0 aliphatic heterocycles. The first-order chi connectivity index (χ1) is 14.8. The highest BCUT2D eigenvalue weighted by Gasteiger charge is 2.20. The molecule has 10 heteroatoms. The Kier molecular flexibility index (Phi) is 8.40. The van der Waals surface area contributed by atoms with E-state index in [0.717, 1.165) is 4.90 Å². The van der Waals surface area contributed by atoms with E-state index in [1.165, 1.54) is 11.8 Å². The summed E-state index contributed by atoms with van der Waals surface area (Å²) in [6.07, 6.45) is 1.46. The summed E-state index contributed by atoms with van der Waals surface area (Å²) in [5.74, 6) is -0.994. The molecular formula is C21H16Cl3N3O2S2. The van der Waals surface area contributed by atoms with Crippen LogP contribution >= 0.6 is 58.8 Å². The fraction of sp³-hybridized carbons (Fsp3) is 0.0952. The molecule has 0 aliphatic carbocycles. The van der Waals surface area contributed by atoms with Gasteiger partial charge in [-0.2, -0.15) is 0 Å². The molecule has 31 heavy (non-hydrogen) atoms. The van der Waals surface area contributed by atoms with Gasteiger partial charge in [0.05, 0.1) is 18.2 Å². The molecule has 160 valence electrons. The van der Waals surface area contributed by atoms with Gasteiger partial charge < -0.3 is 15.7 Å². The SMILES string of the molecule is O=C(O)C[C@H](NC(=S)Nc1cccnc1Sc1ccc(Cl)cc1)c1ccc(Cl)cc1Cl. The molecule has 0 aliphatic rings. The molecule has 0 fully saturated rings. The minimum Gasteiger partial charge on any atom is -0.481 e. The Morgan fingerprint density at radius 1 is 1.10 bits per heavy atom.